The molecule has 0 saturated carbocycles. The Balaban J connectivity index is 2.47. The van der Waals surface area contributed by atoms with Crippen molar-refractivity contribution >= 4 is 17.6 Å². The molecule has 2 atom stereocenters. The Bertz CT molecular complexity index is 679. The highest BCUT2D eigenvalue weighted by atomic mass is 35.5. The molecule has 0 aromatic heterocycles. The average Bonchev–Trinajstić information content (AvgIpc) is 2.53. The molecule has 0 heterocycles. The largest absolute Gasteiger partial charge is 0.465 e. The summed E-state index contributed by atoms with van der Waals surface area (Å²) in [7, 11) is 0. The maximum Gasteiger partial charge on any atom is 0.315 e. The lowest BCUT2D eigenvalue weighted by molar-refractivity contribution is -0.145. The van der Waals surface area contributed by atoms with Crippen molar-refractivity contribution in [3.05, 3.63) is 70.7 Å². The van der Waals surface area contributed by atoms with Crippen molar-refractivity contribution in [2.75, 3.05) is 6.61 Å². The number of hydrogen-bond donors (Lipinski definition) is 0. The minimum Gasteiger partial charge on any atom is -0.465 e. The van der Waals surface area contributed by atoms with Crippen LogP contribution in [0.15, 0.2) is 54.6 Å². The van der Waals surface area contributed by atoms with Crippen molar-refractivity contribution < 1.29 is 9.53 Å². The summed E-state index contributed by atoms with van der Waals surface area (Å²) in [6, 6.07) is 18.5. The number of ether oxygens (including phenoxy) is 1. The molecule has 3 nitrogen and oxygen atoms in total. The summed E-state index contributed by atoms with van der Waals surface area (Å²) in [5, 5.41) is 10.2. The zero-order valence-corrected chi connectivity index (χ0v) is 13.0. The number of nitriles is 1. The number of halogens is 1. The average molecular weight is 314 g/mol. The van der Waals surface area contributed by atoms with E-state index in [1.165, 1.54) is 0 Å². The summed E-state index contributed by atoms with van der Waals surface area (Å²) in [6.45, 7) is 2.02. The lowest BCUT2D eigenvalue weighted by atomic mass is 9.82. The van der Waals surface area contributed by atoms with E-state index in [2.05, 4.69) is 6.07 Å². The minimum absolute atomic E-state index is 0.274. The molecule has 0 aliphatic carbocycles. The molecule has 0 spiro atoms. The third-order valence-corrected chi connectivity index (χ3v) is 3.61. The summed E-state index contributed by atoms with van der Waals surface area (Å²) in [4.78, 5) is 12.4. The normalized spacial score (nSPS) is 13.0. The Morgan fingerprint density at radius 1 is 1.18 bits per heavy atom. The zero-order chi connectivity index (χ0) is 15.9. The van der Waals surface area contributed by atoms with Crippen LogP contribution in [0.3, 0.4) is 0 Å². The molecule has 22 heavy (non-hydrogen) atoms. The van der Waals surface area contributed by atoms with Crippen LogP contribution in [-0.2, 0) is 9.53 Å². The van der Waals surface area contributed by atoms with Gasteiger partial charge in [0.2, 0.25) is 0 Å². The van der Waals surface area contributed by atoms with Gasteiger partial charge in [0.05, 0.1) is 18.6 Å². The molecule has 0 saturated heterocycles. The molecule has 0 aliphatic heterocycles. The lowest BCUT2D eigenvalue weighted by Crippen LogP contribution is -2.22. The van der Waals surface area contributed by atoms with Crippen LogP contribution in [0.25, 0.3) is 0 Å². The molecule has 2 aromatic rings. The van der Waals surface area contributed by atoms with E-state index < -0.39 is 17.8 Å². The quantitative estimate of drug-likeness (QED) is 0.773. The molecule has 2 rings (SSSR count). The summed E-state index contributed by atoms with van der Waals surface area (Å²) < 4.78 is 5.17. The fourth-order valence-electron chi connectivity index (χ4n) is 2.40. The summed E-state index contributed by atoms with van der Waals surface area (Å²) in [5.41, 5.74) is 1.46. The van der Waals surface area contributed by atoms with Crippen molar-refractivity contribution in [2.24, 2.45) is 0 Å². The molecule has 0 fully saturated rings. The summed E-state index contributed by atoms with van der Waals surface area (Å²) >= 11 is 6.01. The van der Waals surface area contributed by atoms with Gasteiger partial charge in [-0.15, -0.1) is 0 Å². The predicted octanol–water partition coefficient (Wildman–Crippen LogP) is 4.29. The van der Waals surface area contributed by atoms with Crippen LogP contribution >= 0.6 is 11.6 Å². The van der Waals surface area contributed by atoms with E-state index in [1.807, 2.05) is 30.3 Å². The standard InChI is InChI=1S/C18H16ClNO2/c1-2-22-18(21)17(13-7-4-3-5-8-13)16(12-20)14-9-6-10-15(19)11-14/h3-11,16-17H,2H2,1H3. The van der Waals surface area contributed by atoms with E-state index in [-0.39, 0.29) is 6.61 Å². The van der Waals surface area contributed by atoms with E-state index in [9.17, 15) is 10.1 Å². The van der Waals surface area contributed by atoms with E-state index >= 15 is 0 Å². The third kappa shape index (κ3) is 3.66. The van der Waals surface area contributed by atoms with Crippen LogP contribution in [0, 0.1) is 11.3 Å². The van der Waals surface area contributed by atoms with Crippen molar-refractivity contribution in [1.29, 1.82) is 5.26 Å². The van der Waals surface area contributed by atoms with Gasteiger partial charge in [0, 0.05) is 5.02 Å². The van der Waals surface area contributed by atoms with Crippen LogP contribution in [-0.4, -0.2) is 12.6 Å². The smallest absolute Gasteiger partial charge is 0.315 e. The monoisotopic (exact) mass is 313 g/mol. The van der Waals surface area contributed by atoms with Gasteiger partial charge in [0.25, 0.3) is 0 Å². The first-order chi connectivity index (χ1) is 10.7. The second kappa shape index (κ2) is 7.63. The highest BCUT2D eigenvalue weighted by Gasteiger charge is 2.32. The summed E-state index contributed by atoms with van der Waals surface area (Å²) in [6.07, 6.45) is 0. The molecular weight excluding hydrogens is 298 g/mol. The van der Waals surface area contributed by atoms with Gasteiger partial charge in [-0.1, -0.05) is 54.1 Å². The molecule has 0 aliphatic rings. The molecule has 112 valence electrons. The topological polar surface area (TPSA) is 50.1 Å². The van der Waals surface area contributed by atoms with Gasteiger partial charge in [-0.2, -0.15) is 5.26 Å². The Morgan fingerprint density at radius 2 is 1.86 bits per heavy atom. The van der Waals surface area contributed by atoms with E-state index in [4.69, 9.17) is 16.3 Å². The molecule has 2 unspecified atom stereocenters. The molecule has 0 N–H and O–H groups in total. The zero-order valence-electron chi connectivity index (χ0n) is 12.2. The highest BCUT2D eigenvalue weighted by molar-refractivity contribution is 6.30. The van der Waals surface area contributed by atoms with Crippen LogP contribution in [0.4, 0.5) is 0 Å². The first kappa shape index (κ1) is 16.1. The van der Waals surface area contributed by atoms with Crippen molar-refractivity contribution in [3.63, 3.8) is 0 Å². The van der Waals surface area contributed by atoms with Crippen molar-refractivity contribution in [2.45, 2.75) is 18.8 Å². The Labute approximate surface area is 135 Å². The number of rotatable bonds is 5. The van der Waals surface area contributed by atoms with Crippen LogP contribution in [0.1, 0.15) is 29.9 Å². The Kier molecular flexibility index (Phi) is 5.57. The molecule has 4 heteroatoms. The molecule has 0 radical (unpaired) electrons. The fourth-order valence-corrected chi connectivity index (χ4v) is 2.60. The summed E-state index contributed by atoms with van der Waals surface area (Å²) in [5.74, 6) is -1.73. The second-order valence-electron chi connectivity index (χ2n) is 4.80. The lowest BCUT2D eigenvalue weighted by Gasteiger charge is -2.21. The number of esters is 1. The number of carbonyl (C=O) groups is 1. The van der Waals surface area contributed by atoms with Gasteiger partial charge in [0.15, 0.2) is 0 Å². The highest BCUT2D eigenvalue weighted by Crippen LogP contribution is 2.34. The molecule has 0 bridgehead atoms. The van der Waals surface area contributed by atoms with Gasteiger partial charge in [-0.3, -0.25) is 4.79 Å². The van der Waals surface area contributed by atoms with Gasteiger partial charge < -0.3 is 4.74 Å². The first-order valence-corrected chi connectivity index (χ1v) is 7.41. The first-order valence-electron chi connectivity index (χ1n) is 7.04. The van der Waals surface area contributed by atoms with Gasteiger partial charge >= 0.3 is 5.97 Å². The maximum absolute atomic E-state index is 12.4. The fraction of sp³-hybridized carbons (Fsp3) is 0.222. The Morgan fingerprint density at radius 3 is 2.45 bits per heavy atom. The second-order valence-corrected chi connectivity index (χ2v) is 5.24. The van der Waals surface area contributed by atoms with Gasteiger partial charge in [-0.05, 0) is 30.2 Å². The number of carbonyl (C=O) groups excluding carboxylic acids is 1. The van der Waals surface area contributed by atoms with E-state index in [0.29, 0.717) is 10.6 Å². The molecule has 0 amide bonds. The molecule has 2 aromatic carbocycles. The number of hydrogen-bond acceptors (Lipinski definition) is 3. The SMILES string of the molecule is CCOC(=O)C(c1ccccc1)C(C#N)c1cccc(Cl)c1. The van der Waals surface area contributed by atoms with Crippen molar-refractivity contribution in [3.8, 4) is 6.07 Å². The van der Waals surface area contributed by atoms with Crippen molar-refractivity contribution in [1.82, 2.24) is 0 Å². The van der Waals surface area contributed by atoms with Gasteiger partial charge in [0.1, 0.15) is 5.92 Å². The van der Waals surface area contributed by atoms with Gasteiger partial charge in [-0.25, -0.2) is 0 Å². The minimum atomic E-state index is -0.676. The maximum atomic E-state index is 12.4. The van der Waals surface area contributed by atoms with E-state index in [0.717, 1.165) is 5.56 Å². The predicted molar refractivity (Wildman–Crippen MR) is 85.6 cm³/mol. The van der Waals surface area contributed by atoms with Crippen LogP contribution in [0.2, 0.25) is 5.02 Å². The molecular formula is C18H16ClNO2. The number of nitrogens with zero attached hydrogens (tertiary/aromatic N) is 1. The van der Waals surface area contributed by atoms with E-state index in [1.54, 1.807) is 31.2 Å². The van der Waals surface area contributed by atoms with Crippen LogP contribution in [0.5, 0.6) is 0 Å². The third-order valence-electron chi connectivity index (χ3n) is 3.38. The number of benzene rings is 2. The van der Waals surface area contributed by atoms with Crippen LogP contribution < -0.4 is 0 Å². The Hall–Kier alpha value is -2.31.